The van der Waals surface area contributed by atoms with Crippen LogP contribution in [0.5, 0.6) is 5.75 Å². The van der Waals surface area contributed by atoms with Crippen LogP contribution < -0.4 is 0 Å². The van der Waals surface area contributed by atoms with Gasteiger partial charge in [0.2, 0.25) is 0 Å². The number of aromatic nitrogens is 2. The fraction of sp³-hybridized carbons (Fsp3) is 0.0833. The summed E-state index contributed by atoms with van der Waals surface area (Å²) in [6, 6.07) is 7.58. The lowest BCUT2D eigenvalue weighted by Gasteiger charge is -1.92. The van der Waals surface area contributed by atoms with Crippen molar-refractivity contribution in [2.24, 2.45) is 0 Å². The maximum absolute atomic E-state index is 9.63. The van der Waals surface area contributed by atoms with Gasteiger partial charge in [-0.2, -0.15) is 0 Å². The smallest absolute Gasteiger partial charge is 0.179 e. The van der Waals surface area contributed by atoms with E-state index in [1.807, 2.05) is 22.9 Å². The molecule has 0 aliphatic heterocycles. The molecule has 3 aromatic heterocycles. The number of aromatic hydroxyl groups is 1. The number of fused-ring (bicyclic) bond motifs is 1. The monoisotopic (exact) mass is 230 g/mol. The normalized spacial score (nSPS) is 11.0. The number of pyridine rings is 1. The van der Waals surface area contributed by atoms with Gasteiger partial charge in [0.15, 0.2) is 11.4 Å². The van der Waals surface area contributed by atoms with Crippen molar-refractivity contribution in [2.75, 3.05) is 0 Å². The van der Waals surface area contributed by atoms with Crippen LogP contribution in [0.3, 0.4) is 0 Å². The van der Waals surface area contributed by atoms with Gasteiger partial charge in [0, 0.05) is 23.7 Å². The summed E-state index contributed by atoms with van der Waals surface area (Å²) in [4.78, 5) is 5.69. The molecule has 0 fully saturated rings. The predicted molar refractivity (Wildman–Crippen MR) is 64.0 cm³/mol. The van der Waals surface area contributed by atoms with Crippen LogP contribution in [0, 0.1) is 0 Å². The molecule has 3 nitrogen and oxygen atoms in total. The van der Waals surface area contributed by atoms with E-state index in [1.54, 1.807) is 23.5 Å². The van der Waals surface area contributed by atoms with Crippen molar-refractivity contribution in [1.29, 1.82) is 0 Å². The summed E-state index contributed by atoms with van der Waals surface area (Å²) in [6.07, 6.45) is 4.66. The molecule has 3 aromatic rings. The Morgan fingerprint density at radius 1 is 1.31 bits per heavy atom. The molecule has 0 bridgehead atoms. The molecular weight excluding hydrogens is 220 g/mol. The van der Waals surface area contributed by atoms with Gasteiger partial charge in [0.05, 0.1) is 5.69 Å². The van der Waals surface area contributed by atoms with Gasteiger partial charge >= 0.3 is 0 Å². The molecule has 0 atom stereocenters. The molecule has 0 spiro atoms. The zero-order valence-corrected chi connectivity index (χ0v) is 9.31. The molecule has 0 unspecified atom stereocenters. The molecule has 1 N–H and O–H groups in total. The summed E-state index contributed by atoms with van der Waals surface area (Å²) >= 11 is 1.72. The van der Waals surface area contributed by atoms with Crippen molar-refractivity contribution in [3.8, 4) is 5.75 Å². The number of nitrogens with zero attached hydrogens (tertiary/aromatic N) is 2. The van der Waals surface area contributed by atoms with E-state index in [1.165, 1.54) is 4.88 Å². The minimum Gasteiger partial charge on any atom is -0.504 e. The van der Waals surface area contributed by atoms with E-state index in [0.29, 0.717) is 5.65 Å². The second-order valence-electron chi connectivity index (χ2n) is 3.61. The van der Waals surface area contributed by atoms with Crippen molar-refractivity contribution < 1.29 is 5.11 Å². The summed E-state index contributed by atoms with van der Waals surface area (Å²) in [5.41, 5.74) is 1.60. The van der Waals surface area contributed by atoms with Gasteiger partial charge in [0.1, 0.15) is 0 Å². The largest absolute Gasteiger partial charge is 0.504 e. The summed E-state index contributed by atoms with van der Waals surface area (Å²) in [5.74, 6) is 0.222. The van der Waals surface area contributed by atoms with Crippen LogP contribution in [0.4, 0.5) is 0 Å². The van der Waals surface area contributed by atoms with E-state index in [2.05, 4.69) is 16.4 Å². The zero-order valence-electron chi connectivity index (χ0n) is 8.50. The lowest BCUT2D eigenvalue weighted by molar-refractivity contribution is 0.477. The van der Waals surface area contributed by atoms with Gasteiger partial charge in [-0.1, -0.05) is 6.07 Å². The van der Waals surface area contributed by atoms with Gasteiger partial charge in [-0.25, -0.2) is 4.98 Å². The third-order valence-corrected chi connectivity index (χ3v) is 3.32. The number of imidazole rings is 1. The van der Waals surface area contributed by atoms with E-state index in [9.17, 15) is 5.11 Å². The van der Waals surface area contributed by atoms with Crippen molar-refractivity contribution in [1.82, 2.24) is 9.38 Å². The summed E-state index contributed by atoms with van der Waals surface area (Å²) in [5, 5.41) is 11.7. The highest BCUT2D eigenvalue weighted by Gasteiger charge is 2.06. The highest BCUT2D eigenvalue weighted by molar-refractivity contribution is 7.09. The maximum Gasteiger partial charge on any atom is 0.179 e. The molecule has 0 aromatic carbocycles. The molecule has 0 aliphatic rings. The Kier molecular flexibility index (Phi) is 2.15. The summed E-state index contributed by atoms with van der Waals surface area (Å²) in [7, 11) is 0. The Balaban J connectivity index is 2.02. The number of hydrogen-bond acceptors (Lipinski definition) is 3. The Morgan fingerprint density at radius 3 is 3.00 bits per heavy atom. The quantitative estimate of drug-likeness (QED) is 0.735. The highest BCUT2D eigenvalue weighted by atomic mass is 32.1. The van der Waals surface area contributed by atoms with E-state index in [-0.39, 0.29) is 5.75 Å². The van der Waals surface area contributed by atoms with Gasteiger partial charge in [-0.3, -0.25) is 0 Å². The molecule has 3 rings (SSSR count). The topological polar surface area (TPSA) is 37.5 Å². The molecule has 0 radical (unpaired) electrons. The minimum absolute atomic E-state index is 0.222. The molecule has 0 saturated carbocycles. The number of thiophene rings is 1. The van der Waals surface area contributed by atoms with Crippen LogP contribution in [-0.2, 0) is 6.42 Å². The first kappa shape index (κ1) is 9.42. The average Bonchev–Trinajstić information content (AvgIpc) is 2.88. The fourth-order valence-corrected chi connectivity index (χ4v) is 2.45. The molecule has 3 heterocycles. The standard InChI is InChI=1S/C12H10N2OS/c15-11-4-1-5-14-8-9(13-12(11)14)7-10-3-2-6-16-10/h1-6,8,15H,7H2. The maximum atomic E-state index is 9.63. The lowest BCUT2D eigenvalue weighted by atomic mass is 10.3. The van der Waals surface area contributed by atoms with Crippen molar-refractivity contribution >= 4 is 17.0 Å². The van der Waals surface area contributed by atoms with Crippen molar-refractivity contribution in [2.45, 2.75) is 6.42 Å². The Hall–Kier alpha value is -1.81. The lowest BCUT2D eigenvalue weighted by Crippen LogP contribution is -1.82. The van der Waals surface area contributed by atoms with Crippen molar-refractivity contribution in [3.05, 3.63) is 52.6 Å². The van der Waals surface area contributed by atoms with Crippen LogP contribution in [-0.4, -0.2) is 14.5 Å². The molecule has 0 saturated heterocycles. The van der Waals surface area contributed by atoms with E-state index < -0.39 is 0 Å². The van der Waals surface area contributed by atoms with Crippen molar-refractivity contribution in [3.63, 3.8) is 0 Å². The first-order valence-corrected chi connectivity index (χ1v) is 5.89. The Bertz CT molecular complexity index is 613. The SMILES string of the molecule is Oc1cccn2cc(Cc3cccs3)nc12. The van der Waals surface area contributed by atoms with Gasteiger partial charge in [-0.15, -0.1) is 11.3 Å². The number of hydrogen-bond donors (Lipinski definition) is 1. The third-order valence-electron chi connectivity index (χ3n) is 2.45. The van der Waals surface area contributed by atoms with Gasteiger partial charge in [0.25, 0.3) is 0 Å². The van der Waals surface area contributed by atoms with Crippen LogP contribution in [0.1, 0.15) is 10.6 Å². The Labute approximate surface area is 96.6 Å². The summed E-state index contributed by atoms with van der Waals surface area (Å²) < 4.78 is 1.85. The fourth-order valence-electron chi connectivity index (χ4n) is 1.73. The predicted octanol–water partition coefficient (Wildman–Crippen LogP) is 2.69. The molecular formula is C12H10N2OS. The Morgan fingerprint density at radius 2 is 2.25 bits per heavy atom. The average molecular weight is 230 g/mol. The first-order valence-electron chi connectivity index (χ1n) is 5.01. The van der Waals surface area contributed by atoms with E-state index in [4.69, 9.17) is 0 Å². The third kappa shape index (κ3) is 1.57. The van der Waals surface area contributed by atoms with Crippen LogP contribution >= 0.6 is 11.3 Å². The molecule has 0 aliphatic carbocycles. The zero-order chi connectivity index (χ0) is 11.0. The molecule has 80 valence electrons. The first-order chi connectivity index (χ1) is 7.83. The molecule has 0 amide bonds. The highest BCUT2D eigenvalue weighted by Crippen LogP contribution is 2.19. The van der Waals surface area contributed by atoms with Gasteiger partial charge in [-0.05, 0) is 23.6 Å². The minimum atomic E-state index is 0.222. The second kappa shape index (κ2) is 3.64. The van der Waals surface area contributed by atoms with E-state index >= 15 is 0 Å². The van der Waals surface area contributed by atoms with Gasteiger partial charge < -0.3 is 9.51 Å². The van der Waals surface area contributed by atoms with Crippen LogP contribution in [0.15, 0.2) is 42.0 Å². The molecule has 16 heavy (non-hydrogen) atoms. The van der Waals surface area contributed by atoms with E-state index in [0.717, 1.165) is 12.1 Å². The summed E-state index contributed by atoms with van der Waals surface area (Å²) in [6.45, 7) is 0. The van der Waals surface area contributed by atoms with Crippen LogP contribution in [0.25, 0.3) is 5.65 Å². The second-order valence-corrected chi connectivity index (χ2v) is 4.64. The van der Waals surface area contributed by atoms with Crippen LogP contribution in [0.2, 0.25) is 0 Å². The molecule has 4 heteroatoms. The number of rotatable bonds is 2.